The first kappa shape index (κ1) is 18.0. The van der Waals surface area contributed by atoms with Crippen LogP contribution in [-0.2, 0) is 21.2 Å². The lowest BCUT2D eigenvalue weighted by Gasteiger charge is -2.43. The first-order valence-electron chi connectivity index (χ1n) is 8.91. The number of hydrogen-bond acceptors (Lipinski definition) is 5. The Hall–Kier alpha value is -2.38. The van der Waals surface area contributed by atoms with E-state index in [4.69, 9.17) is 4.74 Å². The number of amides is 1. The van der Waals surface area contributed by atoms with Crippen molar-refractivity contribution in [2.75, 3.05) is 30.1 Å². The van der Waals surface area contributed by atoms with Crippen LogP contribution in [0.5, 0.6) is 5.75 Å². The molecule has 0 spiro atoms. The van der Waals surface area contributed by atoms with Crippen molar-refractivity contribution < 1.29 is 17.9 Å². The van der Waals surface area contributed by atoms with Gasteiger partial charge in [0.2, 0.25) is 5.91 Å². The Kier molecular flexibility index (Phi) is 4.65. The molecule has 2 heterocycles. The summed E-state index contributed by atoms with van der Waals surface area (Å²) in [5.74, 6) is 0.806. The average Bonchev–Trinajstić information content (AvgIpc) is 2.98. The van der Waals surface area contributed by atoms with Gasteiger partial charge in [-0.25, -0.2) is 8.42 Å². The highest BCUT2D eigenvalue weighted by Crippen LogP contribution is 2.32. The van der Waals surface area contributed by atoms with Crippen LogP contribution in [0.4, 0.5) is 5.69 Å². The van der Waals surface area contributed by atoms with E-state index in [2.05, 4.69) is 0 Å². The van der Waals surface area contributed by atoms with Crippen molar-refractivity contribution in [2.45, 2.75) is 18.6 Å². The van der Waals surface area contributed by atoms with Gasteiger partial charge in [0.15, 0.2) is 9.84 Å². The number of ether oxygens (including phenoxy) is 1. The molecule has 0 bridgehead atoms. The van der Waals surface area contributed by atoms with Crippen LogP contribution < -0.4 is 9.64 Å². The second kappa shape index (κ2) is 6.98. The summed E-state index contributed by atoms with van der Waals surface area (Å²) >= 11 is 0. The average molecular weight is 386 g/mol. The monoisotopic (exact) mass is 386 g/mol. The summed E-state index contributed by atoms with van der Waals surface area (Å²) in [5.41, 5.74) is 1.79. The standard InChI is InChI=1S/C20H22N2O4S/c1-26-17-9-7-15(8-10-17)11-21-12-20(23)22(16-5-3-2-4-6-16)19-14-27(24,25)13-18(19)21/h2-10,18-19H,11-14H2,1H3. The zero-order valence-electron chi connectivity index (χ0n) is 15.1. The number of anilines is 1. The van der Waals surface area contributed by atoms with Crippen LogP contribution in [0.15, 0.2) is 54.6 Å². The van der Waals surface area contributed by atoms with Crippen LogP contribution in [0.1, 0.15) is 5.56 Å². The Morgan fingerprint density at radius 3 is 2.33 bits per heavy atom. The summed E-state index contributed by atoms with van der Waals surface area (Å²) in [7, 11) is -1.57. The van der Waals surface area contributed by atoms with Crippen molar-refractivity contribution in [3.63, 3.8) is 0 Å². The Morgan fingerprint density at radius 1 is 1.00 bits per heavy atom. The Bertz CT molecular complexity index is 928. The highest BCUT2D eigenvalue weighted by molar-refractivity contribution is 7.91. The molecule has 2 aromatic rings. The summed E-state index contributed by atoms with van der Waals surface area (Å²) in [6.45, 7) is 0.743. The zero-order valence-corrected chi connectivity index (χ0v) is 15.9. The van der Waals surface area contributed by atoms with Gasteiger partial charge in [-0.2, -0.15) is 0 Å². The quantitative estimate of drug-likeness (QED) is 0.800. The van der Waals surface area contributed by atoms with Crippen LogP contribution in [0.2, 0.25) is 0 Å². The number of sulfone groups is 1. The molecule has 142 valence electrons. The molecule has 4 rings (SSSR count). The molecule has 1 amide bonds. The fourth-order valence-corrected chi connectivity index (χ4v) is 6.00. The molecular formula is C20H22N2O4S. The topological polar surface area (TPSA) is 66.9 Å². The SMILES string of the molecule is COc1ccc(CN2CC(=O)N(c3ccccc3)C3CS(=O)(=O)CC32)cc1. The molecule has 2 aliphatic rings. The van der Waals surface area contributed by atoms with Crippen molar-refractivity contribution in [1.29, 1.82) is 0 Å². The van der Waals surface area contributed by atoms with E-state index in [1.54, 1.807) is 12.0 Å². The van der Waals surface area contributed by atoms with Crippen molar-refractivity contribution in [1.82, 2.24) is 4.90 Å². The number of piperazine rings is 1. The number of para-hydroxylation sites is 1. The van der Waals surface area contributed by atoms with Crippen molar-refractivity contribution in [3.8, 4) is 5.75 Å². The number of methoxy groups -OCH3 is 1. The van der Waals surface area contributed by atoms with Gasteiger partial charge in [0.1, 0.15) is 5.75 Å². The molecule has 0 N–H and O–H groups in total. The summed E-state index contributed by atoms with van der Waals surface area (Å²) in [6, 6.07) is 16.4. The maximum absolute atomic E-state index is 12.9. The molecule has 0 aliphatic carbocycles. The summed E-state index contributed by atoms with van der Waals surface area (Å²) in [5, 5.41) is 0. The Morgan fingerprint density at radius 2 is 1.67 bits per heavy atom. The molecule has 2 atom stereocenters. The Balaban J connectivity index is 1.63. The van der Waals surface area contributed by atoms with Gasteiger partial charge in [0.05, 0.1) is 31.2 Å². The fourth-order valence-electron chi connectivity index (χ4n) is 4.02. The predicted octanol–water partition coefficient (Wildman–Crippen LogP) is 1.71. The summed E-state index contributed by atoms with van der Waals surface area (Å²) < 4.78 is 29.9. The smallest absolute Gasteiger partial charge is 0.241 e. The van der Waals surface area contributed by atoms with E-state index < -0.39 is 9.84 Å². The second-order valence-electron chi connectivity index (χ2n) is 7.06. The van der Waals surface area contributed by atoms with E-state index in [-0.39, 0.29) is 36.0 Å². The van der Waals surface area contributed by atoms with E-state index in [0.717, 1.165) is 17.0 Å². The van der Waals surface area contributed by atoms with Crippen LogP contribution in [-0.4, -0.2) is 56.5 Å². The molecule has 0 saturated carbocycles. The van der Waals surface area contributed by atoms with Gasteiger partial charge in [-0.1, -0.05) is 30.3 Å². The zero-order chi connectivity index (χ0) is 19.0. The minimum absolute atomic E-state index is 0.0113. The molecule has 2 fully saturated rings. The summed E-state index contributed by atoms with van der Waals surface area (Å²) in [6.07, 6.45) is 0. The Labute approximate surface area is 159 Å². The maximum Gasteiger partial charge on any atom is 0.241 e. The number of carbonyl (C=O) groups excluding carboxylic acids is 1. The molecular weight excluding hydrogens is 364 g/mol. The largest absolute Gasteiger partial charge is 0.497 e. The molecule has 2 aliphatic heterocycles. The second-order valence-corrected chi connectivity index (χ2v) is 9.22. The van der Waals surface area contributed by atoms with Gasteiger partial charge in [-0.15, -0.1) is 0 Å². The lowest BCUT2D eigenvalue weighted by molar-refractivity contribution is -0.123. The predicted molar refractivity (Wildman–Crippen MR) is 104 cm³/mol. The minimum Gasteiger partial charge on any atom is -0.497 e. The lowest BCUT2D eigenvalue weighted by Crippen LogP contribution is -2.61. The van der Waals surface area contributed by atoms with Crippen molar-refractivity contribution in [3.05, 3.63) is 60.2 Å². The van der Waals surface area contributed by atoms with Gasteiger partial charge in [-0.3, -0.25) is 9.69 Å². The molecule has 27 heavy (non-hydrogen) atoms. The third kappa shape index (κ3) is 3.57. The lowest BCUT2D eigenvalue weighted by atomic mass is 10.0. The molecule has 2 unspecified atom stereocenters. The molecule has 7 heteroatoms. The molecule has 6 nitrogen and oxygen atoms in total. The number of benzene rings is 2. The van der Waals surface area contributed by atoms with E-state index in [1.807, 2.05) is 59.5 Å². The third-order valence-corrected chi connectivity index (χ3v) is 6.98. The molecule has 0 radical (unpaired) electrons. The molecule has 0 aromatic heterocycles. The molecule has 2 aromatic carbocycles. The van der Waals surface area contributed by atoms with E-state index >= 15 is 0 Å². The summed E-state index contributed by atoms with van der Waals surface area (Å²) in [4.78, 5) is 16.6. The van der Waals surface area contributed by atoms with Crippen LogP contribution in [0.25, 0.3) is 0 Å². The van der Waals surface area contributed by atoms with E-state index in [0.29, 0.717) is 6.54 Å². The first-order valence-corrected chi connectivity index (χ1v) is 10.7. The van der Waals surface area contributed by atoms with Gasteiger partial charge in [-0.05, 0) is 29.8 Å². The fraction of sp³-hybridized carbons (Fsp3) is 0.350. The minimum atomic E-state index is -3.18. The maximum atomic E-state index is 12.9. The highest BCUT2D eigenvalue weighted by atomic mass is 32.2. The van der Waals surface area contributed by atoms with Gasteiger partial charge >= 0.3 is 0 Å². The number of fused-ring (bicyclic) bond motifs is 1. The van der Waals surface area contributed by atoms with E-state index in [9.17, 15) is 13.2 Å². The van der Waals surface area contributed by atoms with E-state index in [1.165, 1.54) is 0 Å². The highest BCUT2D eigenvalue weighted by Gasteiger charge is 2.49. The van der Waals surface area contributed by atoms with Gasteiger partial charge < -0.3 is 9.64 Å². The van der Waals surface area contributed by atoms with Crippen molar-refractivity contribution >= 4 is 21.4 Å². The number of nitrogens with zero attached hydrogens (tertiary/aromatic N) is 2. The van der Waals surface area contributed by atoms with Crippen LogP contribution >= 0.6 is 0 Å². The number of rotatable bonds is 4. The van der Waals surface area contributed by atoms with Crippen molar-refractivity contribution in [2.24, 2.45) is 0 Å². The third-order valence-electron chi connectivity index (χ3n) is 5.28. The first-order chi connectivity index (χ1) is 13.0. The number of carbonyl (C=O) groups is 1. The van der Waals surface area contributed by atoms with Gasteiger partial charge in [0.25, 0.3) is 0 Å². The van der Waals surface area contributed by atoms with Gasteiger partial charge in [0, 0.05) is 18.3 Å². The normalized spacial score (nSPS) is 24.6. The van der Waals surface area contributed by atoms with Crippen LogP contribution in [0, 0.1) is 0 Å². The molecule has 2 saturated heterocycles. The number of hydrogen-bond donors (Lipinski definition) is 0. The van der Waals surface area contributed by atoms with Crippen LogP contribution in [0.3, 0.4) is 0 Å².